The second-order valence-electron chi connectivity index (χ2n) is 5.54. The summed E-state index contributed by atoms with van der Waals surface area (Å²) in [5, 5.41) is 4.42. The fourth-order valence-electron chi connectivity index (χ4n) is 2.59. The molecule has 1 N–H and O–H groups in total. The Morgan fingerprint density at radius 1 is 1.20 bits per heavy atom. The summed E-state index contributed by atoms with van der Waals surface area (Å²) in [7, 11) is 0. The van der Waals surface area contributed by atoms with E-state index in [1.165, 1.54) is 17.7 Å². The SMILES string of the molecule is Cc1cccc(C(=O)Nn2cnc3scc(-c4cccs4)c3c2=O)c1. The van der Waals surface area contributed by atoms with Crippen molar-refractivity contribution in [1.82, 2.24) is 9.66 Å². The van der Waals surface area contributed by atoms with Crippen LogP contribution < -0.4 is 11.0 Å². The number of aryl methyl sites for hydroxylation is 1. The number of hydrogen-bond donors (Lipinski definition) is 1. The van der Waals surface area contributed by atoms with E-state index in [9.17, 15) is 9.59 Å². The molecule has 3 heterocycles. The van der Waals surface area contributed by atoms with Crippen LogP contribution in [0.5, 0.6) is 0 Å². The highest BCUT2D eigenvalue weighted by Crippen LogP contribution is 2.33. The van der Waals surface area contributed by atoms with Crippen LogP contribution in [0.25, 0.3) is 20.7 Å². The van der Waals surface area contributed by atoms with Crippen molar-refractivity contribution in [2.75, 3.05) is 5.43 Å². The van der Waals surface area contributed by atoms with Crippen molar-refractivity contribution in [3.8, 4) is 10.4 Å². The molecule has 124 valence electrons. The Hall–Kier alpha value is -2.77. The van der Waals surface area contributed by atoms with Crippen LogP contribution in [-0.2, 0) is 0 Å². The smallest absolute Gasteiger partial charge is 0.267 e. The minimum atomic E-state index is -0.347. The molecule has 0 radical (unpaired) electrons. The largest absolute Gasteiger partial charge is 0.281 e. The van der Waals surface area contributed by atoms with Gasteiger partial charge in [-0.3, -0.25) is 15.0 Å². The van der Waals surface area contributed by atoms with Gasteiger partial charge < -0.3 is 0 Å². The molecule has 1 amide bonds. The Morgan fingerprint density at radius 2 is 2.08 bits per heavy atom. The van der Waals surface area contributed by atoms with Crippen LogP contribution in [0, 0.1) is 6.92 Å². The molecule has 4 aromatic rings. The Kier molecular flexibility index (Phi) is 3.95. The van der Waals surface area contributed by atoms with Crippen molar-refractivity contribution >= 4 is 38.8 Å². The lowest BCUT2D eigenvalue weighted by Gasteiger charge is -2.08. The summed E-state index contributed by atoms with van der Waals surface area (Å²) in [6.07, 6.45) is 1.35. The van der Waals surface area contributed by atoms with Crippen molar-refractivity contribution in [2.24, 2.45) is 0 Å². The highest BCUT2D eigenvalue weighted by atomic mass is 32.1. The second kappa shape index (κ2) is 6.27. The van der Waals surface area contributed by atoms with Crippen molar-refractivity contribution in [3.63, 3.8) is 0 Å². The number of thiophene rings is 2. The monoisotopic (exact) mass is 367 g/mol. The lowest BCUT2D eigenvalue weighted by Crippen LogP contribution is -2.33. The van der Waals surface area contributed by atoms with Gasteiger partial charge in [0, 0.05) is 21.4 Å². The Morgan fingerprint density at radius 3 is 2.84 bits per heavy atom. The van der Waals surface area contributed by atoms with Gasteiger partial charge in [0.1, 0.15) is 11.2 Å². The number of amides is 1. The molecule has 0 saturated carbocycles. The first kappa shape index (κ1) is 15.7. The molecule has 0 aliphatic carbocycles. The van der Waals surface area contributed by atoms with Crippen LogP contribution in [0.3, 0.4) is 0 Å². The standard InChI is InChI=1S/C18H13N3O2S2/c1-11-4-2-5-12(8-11)16(22)20-21-10-19-17-15(18(21)23)13(9-25-17)14-6-3-7-24-14/h2-10H,1H3,(H,20,22). The van der Waals surface area contributed by atoms with Crippen LogP contribution in [0.4, 0.5) is 0 Å². The van der Waals surface area contributed by atoms with Gasteiger partial charge in [0.05, 0.1) is 5.39 Å². The summed E-state index contributed by atoms with van der Waals surface area (Å²) in [6.45, 7) is 1.91. The molecule has 0 atom stereocenters. The van der Waals surface area contributed by atoms with E-state index in [0.717, 1.165) is 20.7 Å². The molecule has 0 spiro atoms. The van der Waals surface area contributed by atoms with E-state index in [4.69, 9.17) is 0 Å². The number of aromatic nitrogens is 2. The topological polar surface area (TPSA) is 64.0 Å². The fraction of sp³-hybridized carbons (Fsp3) is 0.0556. The van der Waals surface area contributed by atoms with E-state index in [2.05, 4.69) is 10.4 Å². The predicted octanol–water partition coefficient (Wildman–Crippen LogP) is 3.88. The van der Waals surface area contributed by atoms with Crippen LogP contribution in [-0.4, -0.2) is 15.6 Å². The Labute approximate surface area is 151 Å². The molecule has 3 aromatic heterocycles. The highest BCUT2D eigenvalue weighted by Gasteiger charge is 2.15. The van der Waals surface area contributed by atoms with Gasteiger partial charge in [-0.2, -0.15) is 0 Å². The van der Waals surface area contributed by atoms with Crippen LogP contribution in [0.2, 0.25) is 0 Å². The highest BCUT2D eigenvalue weighted by molar-refractivity contribution is 7.18. The minimum Gasteiger partial charge on any atom is -0.267 e. The molecule has 0 unspecified atom stereocenters. The molecule has 1 aromatic carbocycles. The molecule has 0 aliphatic heterocycles. The van der Waals surface area contributed by atoms with Crippen molar-refractivity contribution < 1.29 is 4.79 Å². The first-order valence-corrected chi connectivity index (χ1v) is 9.30. The molecular formula is C18H13N3O2S2. The molecule has 0 aliphatic rings. The summed E-state index contributed by atoms with van der Waals surface area (Å²) >= 11 is 2.99. The summed E-state index contributed by atoms with van der Waals surface area (Å²) in [6, 6.07) is 11.1. The molecule has 25 heavy (non-hydrogen) atoms. The summed E-state index contributed by atoms with van der Waals surface area (Å²) in [4.78, 5) is 31.2. The average molecular weight is 367 g/mol. The zero-order valence-electron chi connectivity index (χ0n) is 13.2. The summed E-state index contributed by atoms with van der Waals surface area (Å²) < 4.78 is 1.15. The zero-order valence-corrected chi connectivity index (χ0v) is 14.9. The number of rotatable bonds is 3. The summed E-state index contributed by atoms with van der Waals surface area (Å²) in [5.41, 5.74) is 4.66. The van der Waals surface area contributed by atoms with E-state index in [-0.39, 0.29) is 11.5 Å². The normalized spacial score (nSPS) is 10.9. The molecule has 0 bridgehead atoms. The van der Waals surface area contributed by atoms with E-state index in [1.807, 2.05) is 41.9 Å². The Bertz CT molecular complexity index is 1130. The average Bonchev–Trinajstić information content (AvgIpc) is 3.26. The fourth-order valence-corrected chi connectivity index (χ4v) is 4.31. The maximum absolute atomic E-state index is 12.9. The molecule has 7 heteroatoms. The lowest BCUT2D eigenvalue weighted by molar-refractivity contribution is 0.101. The van der Waals surface area contributed by atoms with Gasteiger partial charge >= 0.3 is 0 Å². The minimum absolute atomic E-state index is 0.282. The van der Waals surface area contributed by atoms with Crippen molar-refractivity contribution in [1.29, 1.82) is 0 Å². The van der Waals surface area contributed by atoms with Gasteiger partial charge in [0.15, 0.2) is 0 Å². The first-order valence-electron chi connectivity index (χ1n) is 7.54. The third-order valence-electron chi connectivity index (χ3n) is 3.78. The Balaban J connectivity index is 1.76. The molecule has 5 nitrogen and oxygen atoms in total. The quantitative estimate of drug-likeness (QED) is 0.598. The molecule has 0 fully saturated rings. The molecule has 0 saturated heterocycles. The zero-order chi connectivity index (χ0) is 17.4. The maximum Gasteiger partial charge on any atom is 0.281 e. The number of fused-ring (bicyclic) bond motifs is 1. The number of hydrogen-bond acceptors (Lipinski definition) is 5. The second-order valence-corrected chi connectivity index (χ2v) is 7.34. The van der Waals surface area contributed by atoms with Crippen molar-refractivity contribution in [3.05, 3.63) is 75.0 Å². The van der Waals surface area contributed by atoms with Gasteiger partial charge in [-0.15, -0.1) is 22.7 Å². The molecular weight excluding hydrogens is 354 g/mol. The van der Waals surface area contributed by atoms with Crippen LogP contribution in [0.15, 0.2) is 58.3 Å². The third kappa shape index (κ3) is 2.88. The third-order valence-corrected chi connectivity index (χ3v) is 5.57. The predicted molar refractivity (Wildman–Crippen MR) is 102 cm³/mol. The van der Waals surface area contributed by atoms with E-state index in [1.54, 1.807) is 23.5 Å². The number of carbonyl (C=O) groups is 1. The van der Waals surface area contributed by atoms with E-state index in [0.29, 0.717) is 15.8 Å². The van der Waals surface area contributed by atoms with Crippen molar-refractivity contribution in [2.45, 2.75) is 6.92 Å². The summed E-state index contributed by atoms with van der Waals surface area (Å²) in [5.74, 6) is -0.347. The number of nitrogens with zero attached hydrogens (tertiary/aromatic N) is 2. The van der Waals surface area contributed by atoms with E-state index < -0.39 is 0 Å². The first-order chi connectivity index (χ1) is 12.1. The van der Waals surface area contributed by atoms with Crippen LogP contribution >= 0.6 is 22.7 Å². The number of carbonyl (C=O) groups excluding carboxylic acids is 1. The van der Waals surface area contributed by atoms with Gasteiger partial charge in [0.2, 0.25) is 0 Å². The lowest BCUT2D eigenvalue weighted by atomic mass is 10.1. The van der Waals surface area contributed by atoms with Crippen LogP contribution in [0.1, 0.15) is 15.9 Å². The van der Waals surface area contributed by atoms with Gasteiger partial charge in [-0.05, 0) is 30.5 Å². The number of nitrogens with one attached hydrogen (secondary N) is 1. The van der Waals surface area contributed by atoms with Gasteiger partial charge in [0.25, 0.3) is 11.5 Å². The maximum atomic E-state index is 12.9. The van der Waals surface area contributed by atoms with E-state index >= 15 is 0 Å². The van der Waals surface area contributed by atoms with Gasteiger partial charge in [-0.1, -0.05) is 23.8 Å². The molecule has 4 rings (SSSR count). The van der Waals surface area contributed by atoms with Gasteiger partial charge in [-0.25, -0.2) is 9.66 Å². The number of benzene rings is 1.